The molecule has 0 atom stereocenters. The van der Waals surface area contributed by atoms with Gasteiger partial charge in [0.15, 0.2) is 17.4 Å². The molecule has 23 heteroatoms. The lowest BCUT2D eigenvalue weighted by atomic mass is 10.3. The molecule has 54 heavy (non-hydrogen) atoms. The van der Waals surface area contributed by atoms with E-state index in [0.29, 0.717) is 18.2 Å². The third kappa shape index (κ3) is 15.2. The van der Waals surface area contributed by atoms with E-state index >= 15 is 0 Å². The topological polar surface area (TPSA) is 323 Å². The van der Waals surface area contributed by atoms with Crippen molar-refractivity contribution in [1.82, 2.24) is 68.6 Å². The number of nitrogens with one attached hydrogen (secondary N) is 1. The lowest BCUT2D eigenvalue weighted by molar-refractivity contribution is 0.212. The third-order valence-corrected chi connectivity index (χ3v) is 6.23. The van der Waals surface area contributed by atoms with Crippen LogP contribution in [0.5, 0.6) is 0 Å². The van der Waals surface area contributed by atoms with Crippen LogP contribution in [0, 0.1) is 27.7 Å². The second-order valence-electron chi connectivity index (χ2n) is 10.5. The Bertz CT molecular complexity index is 2110. The number of nitrogens with two attached hydrogens (primary N) is 4. The van der Waals surface area contributed by atoms with Crippen LogP contribution >= 0.6 is 0 Å². The zero-order valence-electron chi connectivity index (χ0n) is 29.1. The molecular weight excluding hydrogens is 702 g/mol. The van der Waals surface area contributed by atoms with Gasteiger partial charge in [-0.25, -0.2) is 48.8 Å². The van der Waals surface area contributed by atoms with Gasteiger partial charge in [-0.15, -0.1) is 0 Å². The molecule has 0 bridgehead atoms. The third-order valence-electron chi connectivity index (χ3n) is 6.23. The minimum atomic E-state index is -0.428. The van der Waals surface area contributed by atoms with Crippen LogP contribution < -0.4 is 45.3 Å². The van der Waals surface area contributed by atoms with Crippen LogP contribution in [-0.4, -0.2) is 89.0 Å². The summed E-state index contributed by atoms with van der Waals surface area (Å²) < 4.78 is 5.69. The minimum absolute atomic E-state index is 0. The monoisotopic (exact) mass is 759 g/mol. The van der Waals surface area contributed by atoms with Crippen LogP contribution in [0.15, 0.2) is 38.2 Å². The number of fused-ring (bicyclic) bond motifs is 1. The Labute approximate surface area is 314 Å². The number of anilines is 3. The van der Waals surface area contributed by atoms with Crippen LogP contribution in [-0.2, 0) is 28.2 Å². The molecule has 6 heterocycles. The molecule has 0 unspecified atom stereocenters. The van der Waals surface area contributed by atoms with Crippen molar-refractivity contribution in [2.75, 3.05) is 30.9 Å². The fraction of sp³-hybridized carbons (Fsp3) is 0.452. The molecule has 0 spiro atoms. The van der Waals surface area contributed by atoms with E-state index < -0.39 is 5.69 Å². The number of hydrogen-bond donors (Lipinski definition) is 5. The van der Waals surface area contributed by atoms with Gasteiger partial charge in [0.25, 0.3) is 0 Å². The summed E-state index contributed by atoms with van der Waals surface area (Å²) >= 11 is 0. The number of carbonyl (C=O) groups excluding carboxylic acids is 1. The Kier molecular flexibility index (Phi) is 21.9. The van der Waals surface area contributed by atoms with Crippen molar-refractivity contribution in [2.45, 2.75) is 57.4 Å². The number of aryl methyl sites for hydroxylation is 8. The zero-order valence-corrected chi connectivity index (χ0v) is 29.1. The Hall–Kier alpha value is -6.81. The molecule has 1 aliphatic heterocycles. The second kappa shape index (κ2) is 22.9. The lowest BCUT2D eigenvalue weighted by Crippen LogP contribution is -2.48. The van der Waals surface area contributed by atoms with Crippen molar-refractivity contribution in [3.63, 3.8) is 0 Å². The average Bonchev–Trinajstić information content (AvgIpc) is 3.41. The highest BCUT2D eigenvalue weighted by atomic mass is 16.2. The predicted molar refractivity (Wildman–Crippen MR) is 212 cm³/mol. The van der Waals surface area contributed by atoms with Gasteiger partial charge in [0.1, 0.15) is 35.8 Å². The summed E-state index contributed by atoms with van der Waals surface area (Å²) in [5.74, 6) is 1.51. The number of nitrogen functional groups attached to an aromatic ring is 3. The maximum absolute atomic E-state index is 10.8. The quantitative estimate of drug-likeness (QED) is 0.138. The van der Waals surface area contributed by atoms with E-state index in [9.17, 15) is 19.2 Å². The van der Waals surface area contributed by atoms with E-state index in [1.807, 2.05) is 32.4 Å². The van der Waals surface area contributed by atoms with Gasteiger partial charge in [-0.05, 0) is 27.7 Å². The fourth-order valence-corrected chi connectivity index (χ4v) is 3.43. The SMILES string of the molecule is C.C.C.C.CN1CN=C(N)NC1=O.Cc1cn(C)c(=O)nc1N.Cc1nc(C)c2ncn(C)c2n1.Cc1nn(C)c(=O)nc1N.Cn1cnc(N)nc1=O. The zero-order chi connectivity index (χ0) is 37.9. The van der Waals surface area contributed by atoms with Gasteiger partial charge in [-0.3, -0.25) is 9.88 Å². The average molecular weight is 760 g/mol. The highest BCUT2D eigenvalue weighted by Gasteiger charge is 2.12. The number of amides is 2. The van der Waals surface area contributed by atoms with Crippen LogP contribution in [0.25, 0.3) is 11.2 Å². The van der Waals surface area contributed by atoms with Crippen molar-refractivity contribution >= 4 is 40.7 Å². The molecule has 0 aliphatic carbocycles. The molecule has 5 aromatic heterocycles. The first-order valence-corrected chi connectivity index (χ1v) is 14.4. The van der Waals surface area contributed by atoms with Crippen molar-refractivity contribution in [2.24, 2.45) is 38.9 Å². The molecule has 0 fully saturated rings. The van der Waals surface area contributed by atoms with Gasteiger partial charge < -0.3 is 37.0 Å². The molecule has 5 aromatic rings. The Morgan fingerprint density at radius 2 is 1.20 bits per heavy atom. The first kappa shape index (κ1) is 51.6. The van der Waals surface area contributed by atoms with Gasteiger partial charge in [0.05, 0.1) is 12.0 Å². The predicted octanol–water partition coefficient (Wildman–Crippen LogP) is -0.0675. The first-order valence-electron chi connectivity index (χ1n) is 14.4. The minimum Gasteiger partial charge on any atom is -0.383 e. The van der Waals surface area contributed by atoms with E-state index in [4.69, 9.17) is 22.9 Å². The van der Waals surface area contributed by atoms with Gasteiger partial charge in [0, 0.05) is 47.0 Å². The van der Waals surface area contributed by atoms with Crippen molar-refractivity contribution < 1.29 is 4.79 Å². The molecule has 2 amide bonds. The van der Waals surface area contributed by atoms with E-state index in [0.717, 1.165) is 32.9 Å². The molecule has 0 saturated carbocycles. The molecule has 6 rings (SSSR count). The second-order valence-corrected chi connectivity index (χ2v) is 10.5. The highest BCUT2D eigenvalue weighted by Crippen LogP contribution is 2.11. The van der Waals surface area contributed by atoms with Crippen molar-refractivity contribution in [1.29, 1.82) is 0 Å². The molecule has 0 radical (unpaired) electrons. The van der Waals surface area contributed by atoms with Crippen LogP contribution in [0.1, 0.15) is 52.5 Å². The fourth-order valence-electron chi connectivity index (χ4n) is 3.43. The van der Waals surface area contributed by atoms with Gasteiger partial charge in [0.2, 0.25) is 5.95 Å². The summed E-state index contributed by atoms with van der Waals surface area (Å²) in [7, 11) is 8.30. The number of carbonyl (C=O) groups is 1. The highest BCUT2D eigenvalue weighted by molar-refractivity contribution is 5.96. The molecule has 300 valence electrons. The van der Waals surface area contributed by atoms with E-state index in [2.05, 4.69) is 50.3 Å². The summed E-state index contributed by atoms with van der Waals surface area (Å²) in [5, 5.41) is 6.13. The number of aromatic nitrogens is 12. The smallest absolute Gasteiger partial charge is 0.365 e. The summed E-state index contributed by atoms with van der Waals surface area (Å²) in [5.41, 5.74) is 23.9. The molecule has 0 aromatic carbocycles. The Morgan fingerprint density at radius 1 is 0.648 bits per heavy atom. The number of guanidine groups is 1. The summed E-state index contributed by atoms with van der Waals surface area (Å²) in [4.78, 5) is 74.6. The molecular formula is C31H57N19O4. The van der Waals surface area contributed by atoms with Crippen molar-refractivity contribution in [3.8, 4) is 0 Å². The Balaban J connectivity index is -0.000000594. The molecule has 23 nitrogen and oxygen atoms in total. The number of aliphatic imine (C=N–C) groups is 1. The standard InChI is InChI=1S/C8H10N4.C6H9N3O.C5H8N4O.C4H8N4O.C4H6N4O.4CH4/c1-5-7-8(11-6(2)10-5)12(3)4-9-7;1-4-3-9(2)6(10)8-5(4)7;1-3-4(6)7-5(10)9(2)8-3;2*1-8-2-6-3(5)7-4(8)9;;;;/h4H,1-3H3;3H,1-2H3,(H2,7,8,10);1-2H3,(H2,6,7,10);2H2,1H3,(H3,5,6,7,9);2H,1H3,(H2,5,7,9);4*1H4. The number of imidazole rings is 1. The summed E-state index contributed by atoms with van der Waals surface area (Å²) in [6.07, 6.45) is 4.74. The molecule has 0 saturated heterocycles. The number of nitrogens with zero attached hydrogens (tertiary/aromatic N) is 14. The molecule has 1 aliphatic rings. The summed E-state index contributed by atoms with van der Waals surface area (Å²) in [6.45, 7) is 7.69. The van der Waals surface area contributed by atoms with E-state index in [1.165, 1.54) is 27.4 Å². The lowest BCUT2D eigenvalue weighted by Gasteiger charge is -2.19. The number of urea groups is 1. The van der Waals surface area contributed by atoms with Gasteiger partial charge in [-0.1, -0.05) is 29.7 Å². The first-order chi connectivity index (χ1) is 23.3. The van der Waals surface area contributed by atoms with Crippen LogP contribution in [0.4, 0.5) is 22.4 Å². The van der Waals surface area contributed by atoms with E-state index in [1.54, 1.807) is 40.6 Å². The van der Waals surface area contributed by atoms with Gasteiger partial charge in [-0.2, -0.15) is 20.1 Å². The van der Waals surface area contributed by atoms with Gasteiger partial charge >= 0.3 is 23.1 Å². The van der Waals surface area contributed by atoms with E-state index in [-0.39, 0.29) is 64.8 Å². The largest absolute Gasteiger partial charge is 0.383 e. The van der Waals surface area contributed by atoms with Crippen molar-refractivity contribution in [3.05, 3.63) is 73.1 Å². The maximum Gasteiger partial charge on any atom is 0.365 e. The maximum atomic E-state index is 10.8. The summed E-state index contributed by atoms with van der Waals surface area (Å²) in [6, 6.07) is -0.206. The normalized spacial score (nSPS) is 10.8. The molecule has 9 N–H and O–H groups in total. The number of hydrogen-bond acceptors (Lipinski definition) is 17. The van der Waals surface area contributed by atoms with Crippen LogP contribution in [0.3, 0.4) is 0 Å². The van der Waals surface area contributed by atoms with Crippen LogP contribution in [0.2, 0.25) is 0 Å². The number of rotatable bonds is 0. The Morgan fingerprint density at radius 3 is 1.70 bits per heavy atom.